The number of carboxylic acid groups (broad SMARTS) is 1. The van der Waals surface area contributed by atoms with Crippen LogP contribution in [-0.4, -0.2) is 25.8 Å². The number of carboxylic acids is 1. The van der Waals surface area contributed by atoms with Gasteiger partial charge in [-0.15, -0.1) is 0 Å². The number of aromatic carboxylic acids is 1. The summed E-state index contributed by atoms with van der Waals surface area (Å²) in [5.74, 6) is 0.550. The number of aromatic nitrogens is 3. The van der Waals surface area contributed by atoms with Crippen molar-refractivity contribution < 1.29 is 9.90 Å². The number of benzene rings is 1. The van der Waals surface area contributed by atoms with Gasteiger partial charge < -0.3 is 5.11 Å². The molecule has 18 heavy (non-hydrogen) atoms. The second-order valence-corrected chi connectivity index (χ2v) is 3.89. The van der Waals surface area contributed by atoms with E-state index in [-0.39, 0.29) is 5.56 Å². The van der Waals surface area contributed by atoms with Gasteiger partial charge in [0.25, 0.3) is 0 Å². The normalized spacial score (nSPS) is 10.6. The molecule has 1 aromatic carbocycles. The molecular formula is C13H15N3O2. The molecule has 0 saturated carbocycles. The molecule has 0 amide bonds. The minimum atomic E-state index is -0.957. The third-order valence-corrected chi connectivity index (χ3v) is 2.71. The van der Waals surface area contributed by atoms with Crippen LogP contribution in [0.1, 0.15) is 35.9 Å². The molecule has 0 saturated heterocycles. The molecular weight excluding hydrogens is 230 g/mol. The highest BCUT2D eigenvalue weighted by atomic mass is 16.4. The molecule has 94 valence electrons. The topological polar surface area (TPSA) is 68.0 Å². The summed E-state index contributed by atoms with van der Waals surface area (Å²) in [5.41, 5.74) is 0.800. The molecule has 2 rings (SSSR count). The minimum Gasteiger partial charge on any atom is -0.478 e. The highest BCUT2D eigenvalue weighted by Crippen LogP contribution is 2.16. The van der Waals surface area contributed by atoms with Crippen LogP contribution in [0.15, 0.2) is 24.3 Å². The molecule has 0 atom stereocenters. The molecule has 0 aliphatic heterocycles. The molecule has 1 heterocycles. The van der Waals surface area contributed by atoms with Crippen molar-refractivity contribution in [3.63, 3.8) is 0 Å². The Morgan fingerprint density at radius 2 is 2.00 bits per heavy atom. The molecule has 5 heteroatoms. The second kappa shape index (κ2) is 5.00. The molecule has 0 bridgehead atoms. The summed E-state index contributed by atoms with van der Waals surface area (Å²) in [7, 11) is 0. The molecule has 5 nitrogen and oxygen atoms in total. The van der Waals surface area contributed by atoms with Crippen molar-refractivity contribution in [1.29, 1.82) is 0 Å². The highest BCUT2D eigenvalue weighted by molar-refractivity contribution is 5.91. The number of para-hydroxylation sites is 1. The number of nitrogens with zero attached hydrogens (tertiary/aromatic N) is 3. The van der Waals surface area contributed by atoms with E-state index >= 15 is 0 Å². The van der Waals surface area contributed by atoms with Crippen LogP contribution in [0.4, 0.5) is 0 Å². The van der Waals surface area contributed by atoms with Crippen LogP contribution in [0.2, 0.25) is 0 Å². The van der Waals surface area contributed by atoms with Crippen LogP contribution in [0, 0.1) is 0 Å². The smallest absolute Gasteiger partial charge is 0.337 e. The van der Waals surface area contributed by atoms with E-state index in [9.17, 15) is 9.90 Å². The zero-order valence-electron chi connectivity index (χ0n) is 10.4. The first-order chi connectivity index (χ1) is 8.67. The monoisotopic (exact) mass is 245 g/mol. The van der Waals surface area contributed by atoms with Crippen molar-refractivity contribution in [2.45, 2.75) is 26.7 Å². The predicted molar refractivity (Wildman–Crippen MR) is 67.1 cm³/mol. The Kier molecular flexibility index (Phi) is 3.41. The largest absolute Gasteiger partial charge is 0.478 e. The minimum absolute atomic E-state index is 0.236. The molecule has 0 fully saturated rings. The number of aryl methyl sites for hydroxylation is 2. The SMILES string of the molecule is CCc1nc(CC)n(-c2ccccc2C(=O)O)n1. The lowest BCUT2D eigenvalue weighted by molar-refractivity contribution is 0.0696. The van der Waals surface area contributed by atoms with E-state index in [1.54, 1.807) is 28.9 Å². The van der Waals surface area contributed by atoms with Crippen molar-refractivity contribution in [2.75, 3.05) is 0 Å². The quantitative estimate of drug-likeness (QED) is 0.895. The Hall–Kier alpha value is -2.17. The van der Waals surface area contributed by atoms with E-state index in [1.807, 2.05) is 13.8 Å². The van der Waals surface area contributed by atoms with E-state index in [1.165, 1.54) is 0 Å². The average molecular weight is 245 g/mol. The summed E-state index contributed by atoms with van der Waals surface area (Å²) >= 11 is 0. The van der Waals surface area contributed by atoms with Crippen molar-refractivity contribution in [1.82, 2.24) is 14.8 Å². The van der Waals surface area contributed by atoms with E-state index in [0.717, 1.165) is 18.1 Å². The van der Waals surface area contributed by atoms with Crippen molar-refractivity contribution in [3.05, 3.63) is 41.5 Å². The Balaban J connectivity index is 2.61. The summed E-state index contributed by atoms with van der Waals surface area (Å²) in [5, 5.41) is 13.5. The molecule has 0 unspecified atom stereocenters. The number of hydrogen-bond acceptors (Lipinski definition) is 3. The lowest BCUT2D eigenvalue weighted by Gasteiger charge is -2.07. The van der Waals surface area contributed by atoms with Gasteiger partial charge in [0.05, 0.1) is 11.3 Å². The third kappa shape index (κ3) is 2.11. The van der Waals surface area contributed by atoms with Crippen molar-refractivity contribution in [3.8, 4) is 5.69 Å². The van der Waals surface area contributed by atoms with Crippen LogP contribution in [-0.2, 0) is 12.8 Å². The fourth-order valence-corrected chi connectivity index (χ4v) is 1.80. The Morgan fingerprint density at radius 1 is 1.28 bits per heavy atom. The number of rotatable bonds is 4. The molecule has 0 aliphatic rings. The molecule has 2 aromatic rings. The predicted octanol–water partition coefficient (Wildman–Crippen LogP) is 2.09. The van der Waals surface area contributed by atoms with Crippen LogP contribution < -0.4 is 0 Å². The molecule has 1 aromatic heterocycles. The van der Waals surface area contributed by atoms with Gasteiger partial charge in [-0.1, -0.05) is 26.0 Å². The molecule has 0 radical (unpaired) electrons. The first-order valence-corrected chi connectivity index (χ1v) is 5.94. The van der Waals surface area contributed by atoms with Crippen LogP contribution in [0.25, 0.3) is 5.69 Å². The van der Waals surface area contributed by atoms with E-state index in [2.05, 4.69) is 10.1 Å². The van der Waals surface area contributed by atoms with Crippen LogP contribution in [0.5, 0.6) is 0 Å². The van der Waals surface area contributed by atoms with Gasteiger partial charge in [-0.3, -0.25) is 0 Å². The maximum absolute atomic E-state index is 11.2. The Morgan fingerprint density at radius 3 is 2.61 bits per heavy atom. The summed E-state index contributed by atoms with van der Waals surface area (Å²) in [6, 6.07) is 6.83. The van der Waals surface area contributed by atoms with Gasteiger partial charge in [0.15, 0.2) is 5.82 Å². The highest BCUT2D eigenvalue weighted by Gasteiger charge is 2.15. The van der Waals surface area contributed by atoms with Gasteiger partial charge in [-0.05, 0) is 12.1 Å². The Labute approximate surface area is 105 Å². The maximum Gasteiger partial charge on any atom is 0.337 e. The maximum atomic E-state index is 11.2. The van der Waals surface area contributed by atoms with Gasteiger partial charge >= 0.3 is 5.97 Å². The fraction of sp³-hybridized carbons (Fsp3) is 0.308. The van der Waals surface area contributed by atoms with Gasteiger partial charge in [0.2, 0.25) is 0 Å². The van der Waals surface area contributed by atoms with Crippen molar-refractivity contribution in [2.24, 2.45) is 0 Å². The van der Waals surface area contributed by atoms with Gasteiger partial charge in [-0.25, -0.2) is 14.5 Å². The summed E-state index contributed by atoms with van der Waals surface area (Å²) < 4.78 is 1.63. The van der Waals surface area contributed by atoms with Crippen LogP contribution >= 0.6 is 0 Å². The standard InChI is InChI=1S/C13H15N3O2/c1-3-11-14-12(4-2)16(15-11)10-8-6-5-7-9(10)13(17)18/h5-8H,3-4H2,1-2H3,(H,17,18). The number of hydrogen-bond donors (Lipinski definition) is 1. The van der Waals surface area contributed by atoms with Gasteiger partial charge in [-0.2, -0.15) is 5.10 Å². The van der Waals surface area contributed by atoms with E-state index < -0.39 is 5.97 Å². The van der Waals surface area contributed by atoms with Crippen LogP contribution in [0.3, 0.4) is 0 Å². The first kappa shape index (κ1) is 12.3. The number of carbonyl (C=O) groups is 1. The Bertz CT molecular complexity index is 575. The van der Waals surface area contributed by atoms with E-state index in [0.29, 0.717) is 12.1 Å². The summed E-state index contributed by atoms with van der Waals surface area (Å²) in [4.78, 5) is 15.6. The zero-order chi connectivity index (χ0) is 13.1. The zero-order valence-corrected chi connectivity index (χ0v) is 10.4. The summed E-state index contributed by atoms with van der Waals surface area (Å²) in [6.45, 7) is 3.95. The van der Waals surface area contributed by atoms with Crippen molar-refractivity contribution >= 4 is 5.97 Å². The molecule has 1 N–H and O–H groups in total. The summed E-state index contributed by atoms with van der Waals surface area (Å²) in [6.07, 6.45) is 1.44. The molecule has 0 spiro atoms. The van der Waals surface area contributed by atoms with Gasteiger partial charge in [0, 0.05) is 12.8 Å². The average Bonchev–Trinajstić information content (AvgIpc) is 2.81. The molecule has 0 aliphatic carbocycles. The third-order valence-electron chi connectivity index (χ3n) is 2.71. The van der Waals surface area contributed by atoms with Gasteiger partial charge in [0.1, 0.15) is 5.82 Å². The van der Waals surface area contributed by atoms with E-state index in [4.69, 9.17) is 0 Å². The first-order valence-electron chi connectivity index (χ1n) is 5.94. The lowest BCUT2D eigenvalue weighted by atomic mass is 10.2. The second-order valence-electron chi connectivity index (χ2n) is 3.89. The fourth-order valence-electron chi connectivity index (χ4n) is 1.80. The lowest BCUT2D eigenvalue weighted by Crippen LogP contribution is -2.09.